The molecule has 0 radical (unpaired) electrons. The number of halogens is 1. The fourth-order valence-electron chi connectivity index (χ4n) is 4.41. The molecule has 0 atom stereocenters. The van der Waals surface area contributed by atoms with E-state index in [4.69, 9.17) is 0 Å². The molecule has 2 heterocycles. The van der Waals surface area contributed by atoms with Gasteiger partial charge in [0.1, 0.15) is 5.82 Å². The largest absolute Gasteiger partial charge is 0.338 e. The first-order chi connectivity index (χ1) is 14.2. The molecule has 29 heavy (non-hydrogen) atoms. The Morgan fingerprint density at radius 3 is 2.48 bits per heavy atom. The van der Waals surface area contributed by atoms with Gasteiger partial charge in [-0.2, -0.15) is 0 Å². The van der Waals surface area contributed by atoms with Gasteiger partial charge in [0.25, 0.3) is 0 Å². The first-order valence-corrected chi connectivity index (χ1v) is 10.9. The van der Waals surface area contributed by atoms with Crippen molar-refractivity contribution in [3.63, 3.8) is 0 Å². The van der Waals surface area contributed by atoms with Gasteiger partial charge in [-0.3, -0.25) is 4.79 Å². The second kappa shape index (κ2) is 7.64. The van der Waals surface area contributed by atoms with E-state index in [0.29, 0.717) is 6.54 Å². The average Bonchev–Trinajstić information content (AvgIpc) is 3.05. The summed E-state index contributed by atoms with van der Waals surface area (Å²) in [7, 11) is 0. The van der Waals surface area contributed by atoms with Crippen LogP contribution < -0.4 is 10.2 Å². The minimum atomic E-state index is 0.0208. The highest BCUT2D eigenvalue weighted by Gasteiger charge is 2.31. The summed E-state index contributed by atoms with van der Waals surface area (Å²) in [4.78, 5) is 20.2. The molecule has 0 bridgehead atoms. The Morgan fingerprint density at radius 2 is 1.72 bits per heavy atom. The number of carbonyl (C=O) groups is 1. The first-order valence-electron chi connectivity index (χ1n) is 10.1. The van der Waals surface area contributed by atoms with Crippen molar-refractivity contribution in [1.29, 1.82) is 0 Å². The average molecular weight is 448 g/mol. The van der Waals surface area contributed by atoms with Gasteiger partial charge in [-0.1, -0.05) is 46.3 Å². The molecule has 1 aliphatic carbocycles. The quantitative estimate of drug-likeness (QED) is 0.491. The highest BCUT2D eigenvalue weighted by molar-refractivity contribution is 9.10. The summed E-state index contributed by atoms with van der Waals surface area (Å²) < 4.78 is 0.961. The van der Waals surface area contributed by atoms with E-state index < -0.39 is 0 Å². The molecule has 2 aliphatic rings. The third-order valence-corrected chi connectivity index (χ3v) is 6.47. The van der Waals surface area contributed by atoms with Gasteiger partial charge in [-0.05, 0) is 61.1 Å². The summed E-state index contributed by atoms with van der Waals surface area (Å²) >= 11 is 3.57. The summed E-state index contributed by atoms with van der Waals surface area (Å²) in [5.74, 6) is 1.04. The van der Waals surface area contributed by atoms with E-state index in [-0.39, 0.29) is 11.8 Å². The number of nitrogens with zero attached hydrogens (tertiary/aromatic N) is 2. The number of aromatic nitrogens is 1. The van der Waals surface area contributed by atoms with Crippen molar-refractivity contribution in [2.45, 2.75) is 32.2 Å². The van der Waals surface area contributed by atoms with Crippen molar-refractivity contribution in [1.82, 2.24) is 4.98 Å². The maximum absolute atomic E-state index is 13.8. The zero-order valence-electron chi connectivity index (χ0n) is 16.1. The van der Waals surface area contributed by atoms with Crippen LogP contribution in [0.1, 0.15) is 29.5 Å². The lowest BCUT2D eigenvalue weighted by Crippen LogP contribution is -2.36. The summed E-state index contributed by atoms with van der Waals surface area (Å²) in [5.41, 5.74) is 5.63. The number of carbonyl (C=O) groups excluding carboxylic acids is 1. The third kappa shape index (κ3) is 3.55. The number of hydrogen-bond donors (Lipinski definition) is 1. The number of aryl methyl sites for hydroxylation is 2. The van der Waals surface area contributed by atoms with Crippen LogP contribution in [0, 0.1) is 5.92 Å². The van der Waals surface area contributed by atoms with Crippen LogP contribution in [-0.2, 0) is 24.2 Å². The van der Waals surface area contributed by atoms with Gasteiger partial charge in [0, 0.05) is 22.2 Å². The molecule has 0 fully saturated rings. The molecule has 146 valence electrons. The minimum absolute atomic E-state index is 0.0208. The van der Waals surface area contributed by atoms with Crippen LogP contribution in [-0.4, -0.2) is 10.9 Å². The van der Waals surface area contributed by atoms with Crippen molar-refractivity contribution in [3.8, 4) is 0 Å². The SMILES string of the molecule is O=C(C1CCc2ccccc2CC1)N1Cc2cccnc2Nc2ccc(Br)cc21. The molecule has 4 nitrogen and oxygen atoms in total. The van der Waals surface area contributed by atoms with Crippen LogP contribution in [0.4, 0.5) is 17.2 Å². The van der Waals surface area contributed by atoms with Gasteiger partial charge in [0.05, 0.1) is 17.9 Å². The monoisotopic (exact) mass is 447 g/mol. The molecule has 0 unspecified atom stereocenters. The predicted molar refractivity (Wildman–Crippen MR) is 119 cm³/mol. The first kappa shape index (κ1) is 18.4. The highest BCUT2D eigenvalue weighted by atomic mass is 79.9. The molecular weight excluding hydrogens is 426 g/mol. The molecule has 0 spiro atoms. The molecular formula is C24H22BrN3O. The number of amides is 1. The maximum Gasteiger partial charge on any atom is 0.230 e. The summed E-state index contributed by atoms with van der Waals surface area (Å²) in [5, 5.41) is 3.42. The highest BCUT2D eigenvalue weighted by Crippen LogP contribution is 2.38. The van der Waals surface area contributed by atoms with Gasteiger partial charge in [0.15, 0.2) is 0 Å². The van der Waals surface area contributed by atoms with E-state index in [1.165, 1.54) is 11.1 Å². The maximum atomic E-state index is 13.8. The fourth-order valence-corrected chi connectivity index (χ4v) is 4.76. The summed E-state index contributed by atoms with van der Waals surface area (Å²) in [6, 6.07) is 18.6. The second-order valence-electron chi connectivity index (χ2n) is 7.76. The Kier molecular flexibility index (Phi) is 4.84. The molecule has 1 aliphatic heterocycles. The lowest BCUT2D eigenvalue weighted by atomic mass is 9.97. The van der Waals surface area contributed by atoms with Gasteiger partial charge in [-0.15, -0.1) is 0 Å². The molecule has 5 rings (SSSR count). The van der Waals surface area contributed by atoms with Crippen molar-refractivity contribution in [3.05, 3.63) is 82.0 Å². The van der Waals surface area contributed by atoms with Gasteiger partial charge in [0.2, 0.25) is 5.91 Å². The minimum Gasteiger partial charge on any atom is -0.338 e. The van der Waals surface area contributed by atoms with E-state index in [0.717, 1.165) is 52.9 Å². The Hall–Kier alpha value is -2.66. The Balaban J connectivity index is 1.49. The van der Waals surface area contributed by atoms with E-state index in [1.807, 2.05) is 35.2 Å². The van der Waals surface area contributed by atoms with Crippen LogP contribution >= 0.6 is 15.9 Å². The van der Waals surface area contributed by atoms with Gasteiger partial charge in [-0.25, -0.2) is 4.98 Å². The van der Waals surface area contributed by atoms with Crippen molar-refractivity contribution in [2.24, 2.45) is 5.92 Å². The van der Waals surface area contributed by atoms with E-state index >= 15 is 0 Å². The Bertz CT molecular complexity index is 1050. The summed E-state index contributed by atoms with van der Waals surface area (Å²) in [6.45, 7) is 0.530. The number of hydrogen-bond acceptors (Lipinski definition) is 3. The standard InChI is InChI=1S/C24H22BrN3O/c25-20-11-12-21-22(14-20)28(15-19-6-3-13-26-23(19)27-21)24(29)18-9-7-16-4-1-2-5-17(16)8-10-18/h1-6,11-14,18H,7-10,15H2,(H,26,27). The summed E-state index contributed by atoms with van der Waals surface area (Å²) in [6.07, 6.45) is 5.49. The fraction of sp³-hybridized carbons (Fsp3) is 0.250. The molecule has 1 amide bonds. The van der Waals surface area contributed by atoms with E-state index in [9.17, 15) is 4.79 Å². The van der Waals surface area contributed by atoms with Crippen molar-refractivity contribution < 1.29 is 4.79 Å². The number of rotatable bonds is 1. The zero-order chi connectivity index (χ0) is 19.8. The normalized spacial score (nSPS) is 16.0. The third-order valence-electron chi connectivity index (χ3n) is 5.98. The molecule has 1 N–H and O–H groups in total. The van der Waals surface area contributed by atoms with Crippen LogP contribution in [0.15, 0.2) is 65.3 Å². The second-order valence-corrected chi connectivity index (χ2v) is 8.68. The van der Waals surface area contributed by atoms with Crippen molar-refractivity contribution >= 4 is 39.0 Å². The number of pyridine rings is 1. The lowest BCUT2D eigenvalue weighted by molar-refractivity contribution is -0.122. The van der Waals surface area contributed by atoms with Crippen LogP contribution in [0.3, 0.4) is 0 Å². The Morgan fingerprint density at radius 1 is 1.00 bits per heavy atom. The number of fused-ring (bicyclic) bond motifs is 3. The van der Waals surface area contributed by atoms with Gasteiger partial charge >= 0.3 is 0 Å². The molecule has 1 aromatic heterocycles. The topological polar surface area (TPSA) is 45.2 Å². The van der Waals surface area contributed by atoms with Crippen LogP contribution in [0.5, 0.6) is 0 Å². The molecule has 0 saturated heterocycles. The number of anilines is 3. The molecule has 3 aromatic rings. The Labute approximate surface area is 179 Å². The molecule has 0 saturated carbocycles. The zero-order valence-corrected chi connectivity index (χ0v) is 17.7. The van der Waals surface area contributed by atoms with Gasteiger partial charge < -0.3 is 10.2 Å². The number of benzene rings is 2. The molecule has 2 aromatic carbocycles. The van der Waals surface area contributed by atoms with Crippen molar-refractivity contribution in [2.75, 3.05) is 10.2 Å². The van der Waals surface area contributed by atoms with E-state index in [1.54, 1.807) is 6.20 Å². The van der Waals surface area contributed by atoms with Crippen LogP contribution in [0.25, 0.3) is 0 Å². The molecule has 5 heteroatoms. The smallest absolute Gasteiger partial charge is 0.230 e. The van der Waals surface area contributed by atoms with E-state index in [2.05, 4.69) is 50.5 Å². The predicted octanol–water partition coefficient (Wildman–Crippen LogP) is 5.63. The lowest BCUT2D eigenvalue weighted by Gasteiger charge is -2.27. The number of nitrogens with one attached hydrogen (secondary N) is 1. The van der Waals surface area contributed by atoms with Crippen LogP contribution in [0.2, 0.25) is 0 Å².